The van der Waals surface area contributed by atoms with Crippen LogP contribution in [0.5, 0.6) is 5.75 Å². The van der Waals surface area contributed by atoms with Gasteiger partial charge in [0.25, 0.3) is 5.91 Å². The molecule has 0 aromatic carbocycles. The maximum absolute atomic E-state index is 12.3. The van der Waals surface area contributed by atoms with E-state index in [0.717, 1.165) is 6.42 Å². The van der Waals surface area contributed by atoms with Crippen LogP contribution in [0.3, 0.4) is 0 Å². The van der Waals surface area contributed by atoms with Gasteiger partial charge in [-0.05, 0) is 12.3 Å². The van der Waals surface area contributed by atoms with Crippen molar-refractivity contribution in [3.63, 3.8) is 0 Å². The fourth-order valence-electron chi connectivity index (χ4n) is 2.82. The molecule has 3 rings (SSSR count). The highest BCUT2D eigenvalue weighted by Crippen LogP contribution is 2.16. The van der Waals surface area contributed by atoms with Crippen molar-refractivity contribution in [2.45, 2.75) is 12.8 Å². The standard InChI is InChI=1S/C16H21N7O3/c1-22-10-12(20-21-22)5-14(24)23-4-3-11(9-23)6-19-16(25)15-17-7-13(26-2)8-18-15/h7-8,10-11H,3-6,9H2,1-2H3,(H,19,25). The molecule has 1 unspecified atom stereocenters. The van der Waals surface area contributed by atoms with Crippen molar-refractivity contribution >= 4 is 11.8 Å². The molecule has 3 heterocycles. The third-order valence-electron chi connectivity index (χ3n) is 4.24. The molecule has 10 heteroatoms. The minimum absolute atomic E-state index is 0.0258. The molecule has 0 aliphatic carbocycles. The van der Waals surface area contributed by atoms with Crippen LogP contribution in [0.1, 0.15) is 22.7 Å². The Morgan fingerprint density at radius 3 is 2.77 bits per heavy atom. The van der Waals surface area contributed by atoms with Crippen molar-refractivity contribution in [2.24, 2.45) is 13.0 Å². The third kappa shape index (κ3) is 4.32. The number of ether oxygens (including phenoxy) is 1. The smallest absolute Gasteiger partial charge is 0.289 e. The molecule has 0 radical (unpaired) electrons. The van der Waals surface area contributed by atoms with E-state index in [1.807, 2.05) is 0 Å². The second-order valence-electron chi connectivity index (χ2n) is 6.21. The first-order valence-electron chi connectivity index (χ1n) is 8.32. The Hall–Kier alpha value is -3.04. The first-order valence-corrected chi connectivity index (χ1v) is 8.32. The van der Waals surface area contributed by atoms with E-state index in [0.29, 0.717) is 31.1 Å². The van der Waals surface area contributed by atoms with Gasteiger partial charge in [-0.1, -0.05) is 5.21 Å². The van der Waals surface area contributed by atoms with Crippen molar-refractivity contribution in [3.8, 4) is 5.75 Å². The van der Waals surface area contributed by atoms with E-state index in [4.69, 9.17) is 4.74 Å². The Kier molecular flexibility index (Phi) is 5.40. The lowest BCUT2D eigenvalue weighted by molar-refractivity contribution is -0.129. The summed E-state index contributed by atoms with van der Waals surface area (Å²) in [5.41, 5.74) is 0.658. The van der Waals surface area contributed by atoms with Crippen LogP contribution in [0.2, 0.25) is 0 Å². The topological polar surface area (TPSA) is 115 Å². The summed E-state index contributed by atoms with van der Waals surface area (Å²) in [5.74, 6) is 0.492. The molecule has 1 aliphatic heterocycles. The lowest BCUT2D eigenvalue weighted by atomic mass is 10.1. The number of methoxy groups -OCH3 is 1. The van der Waals surface area contributed by atoms with Crippen LogP contribution in [0.25, 0.3) is 0 Å². The highest BCUT2D eigenvalue weighted by molar-refractivity contribution is 5.90. The van der Waals surface area contributed by atoms with Crippen LogP contribution in [0.4, 0.5) is 0 Å². The molecule has 1 atom stereocenters. The van der Waals surface area contributed by atoms with E-state index in [-0.39, 0.29) is 30.0 Å². The third-order valence-corrected chi connectivity index (χ3v) is 4.24. The van der Waals surface area contributed by atoms with Crippen molar-refractivity contribution in [2.75, 3.05) is 26.7 Å². The number of carbonyl (C=O) groups excluding carboxylic acids is 2. The summed E-state index contributed by atoms with van der Waals surface area (Å²) >= 11 is 0. The van der Waals surface area contributed by atoms with E-state index in [1.165, 1.54) is 19.5 Å². The summed E-state index contributed by atoms with van der Waals surface area (Å²) < 4.78 is 6.54. The van der Waals surface area contributed by atoms with Crippen LogP contribution >= 0.6 is 0 Å². The molecule has 138 valence electrons. The summed E-state index contributed by atoms with van der Waals surface area (Å²) in [7, 11) is 3.28. The molecule has 1 N–H and O–H groups in total. The number of hydrogen-bond donors (Lipinski definition) is 1. The molecular weight excluding hydrogens is 338 g/mol. The van der Waals surface area contributed by atoms with Crippen molar-refractivity contribution < 1.29 is 14.3 Å². The molecule has 2 aromatic rings. The Bertz CT molecular complexity index is 774. The normalized spacial score (nSPS) is 16.5. The summed E-state index contributed by atoms with van der Waals surface area (Å²) in [6, 6.07) is 0. The Morgan fingerprint density at radius 2 is 2.12 bits per heavy atom. The van der Waals surface area contributed by atoms with E-state index in [2.05, 4.69) is 25.6 Å². The zero-order chi connectivity index (χ0) is 18.5. The number of carbonyl (C=O) groups is 2. The Morgan fingerprint density at radius 1 is 1.35 bits per heavy atom. The van der Waals surface area contributed by atoms with E-state index in [1.54, 1.807) is 22.8 Å². The fraction of sp³-hybridized carbons (Fsp3) is 0.500. The molecule has 0 saturated carbocycles. The van der Waals surface area contributed by atoms with Gasteiger partial charge in [0.1, 0.15) is 0 Å². The van der Waals surface area contributed by atoms with Gasteiger partial charge in [0.2, 0.25) is 11.7 Å². The first-order chi connectivity index (χ1) is 12.5. The zero-order valence-electron chi connectivity index (χ0n) is 14.8. The maximum Gasteiger partial charge on any atom is 0.289 e. The molecule has 1 fully saturated rings. The SMILES string of the molecule is COc1cnc(C(=O)NCC2CCN(C(=O)Cc3cn(C)nn3)C2)nc1. The molecule has 1 saturated heterocycles. The Balaban J connectivity index is 1.45. The average molecular weight is 359 g/mol. The zero-order valence-corrected chi connectivity index (χ0v) is 14.8. The highest BCUT2D eigenvalue weighted by atomic mass is 16.5. The van der Waals surface area contributed by atoms with Crippen LogP contribution in [-0.2, 0) is 18.3 Å². The molecule has 2 aromatic heterocycles. The van der Waals surface area contributed by atoms with Crippen LogP contribution in [-0.4, -0.2) is 68.4 Å². The van der Waals surface area contributed by atoms with E-state index < -0.39 is 0 Å². The van der Waals surface area contributed by atoms with Crippen LogP contribution in [0, 0.1) is 5.92 Å². The predicted molar refractivity (Wildman–Crippen MR) is 90.3 cm³/mol. The number of nitrogens with zero attached hydrogens (tertiary/aromatic N) is 6. The largest absolute Gasteiger partial charge is 0.494 e. The second kappa shape index (κ2) is 7.89. The fourth-order valence-corrected chi connectivity index (χ4v) is 2.82. The molecule has 0 spiro atoms. The number of rotatable bonds is 6. The second-order valence-corrected chi connectivity index (χ2v) is 6.21. The number of hydrogen-bond acceptors (Lipinski definition) is 7. The minimum atomic E-state index is -0.336. The molecule has 0 bridgehead atoms. The van der Waals surface area contributed by atoms with Gasteiger partial charge >= 0.3 is 0 Å². The molecular formula is C16H21N7O3. The number of aryl methyl sites for hydroxylation is 1. The quantitative estimate of drug-likeness (QED) is 0.735. The van der Waals surface area contributed by atoms with Gasteiger partial charge < -0.3 is 15.0 Å². The van der Waals surface area contributed by atoms with Crippen molar-refractivity contribution in [3.05, 3.63) is 30.1 Å². The van der Waals surface area contributed by atoms with E-state index >= 15 is 0 Å². The molecule has 1 aliphatic rings. The molecule has 10 nitrogen and oxygen atoms in total. The molecule has 26 heavy (non-hydrogen) atoms. The average Bonchev–Trinajstić information content (AvgIpc) is 3.29. The van der Waals surface area contributed by atoms with Gasteiger partial charge in [-0.2, -0.15) is 0 Å². The lowest BCUT2D eigenvalue weighted by Crippen LogP contribution is -2.34. The maximum atomic E-state index is 12.3. The van der Waals surface area contributed by atoms with Gasteiger partial charge in [-0.25, -0.2) is 9.97 Å². The number of likely N-dealkylation sites (tertiary alicyclic amines) is 1. The van der Waals surface area contributed by atoms with Crippen molar-refractivity contribution in [1.82, 2.24) is 35.2 Å². The van der Waals surface area contributed by atoms with Gasteiger partial charge in [-0.15, -0.1) is 5.10 Å². The predicted octanol–water partition coefficient (Wildman–Crippen LogP) is -0.565. The highest BCUT2D eigenvalue weighted by Gasteiger charge is 2.27. The summed E-state index contributed by atoms with van der Waals surface area (Å²) in [6.07, 6.45) is 5.72. The Labute approximate surface area is 150 Å². The van der Waals surface area contributed by atoms with Crippen molar-refractivity contribution in [1.29, 1.82) is 0 Å². The summed E-state index contributed by atoms with van der Waals surface area (Å²) in [6.45, 7) is 1.77. The van der Waals surface area contributed by atoms with Gasteiger partial charge in [-0.3, -0.25) is 14.3 Å². The molecule has 2 amide bonds. The number of amides is 2. The monoisotopic (exact) mass is 359 g/mol. The first kappa shape index (κ1) is 17.8. The van der Waals surface area contributed by atoms with Gasteiger partial charge in [0.15, 0.2) is 5.75 Å². The number of nitrogens with one attached hydrogen (secondary N) is 1. The summed E-state index contributed by atoms with van der Waals surface area (Å²) in [5, 5.41) is 10.6. The number of aromatic nitrogens is 5. The minimum Gasteiger partial charge on any atom is -0.494 e. The van der Waals surface area contributed by atoms with Crippen LogP contribution in [0.15, 0.2) is 18.6 Å². The van der Waals surface area contributed by atoms with E-state index in [9.17, 15) is 9.59 Å². The van der Waals surface area contributed by atoms with Crippen LogP contribution < -0.4 is 10.1 Å². The van der Waals surface area contributed by atoms with Gasteiger partial charge in [0, 0.05) is 32.9 Å². The summed E-state index contributed by atoms with van der Waals surface area (Å²) in [4.78, 5) is 34.1. The lowest BCUT2D eigenvalue weighted by Gasteiger charge is -2.16. The van der Waals surface area contributed by atoms with Gasteiger partial charge in [0.05, 0.1) is 31.6 Å².